The third-order valence-electron chi connectivity index (χ3n) is 4.22. The molecule has 0 spiro atoms. The summed E-state index contributed by atoms with van der Waals surface area (Å²) in [5.74, 6) is -0.362. The topological polar surface area (TPSA) is 78.4 Å². The fraction of sp³-hybridized carbons (Fsp3) is 0.556. The van der Waals surface area contributed by atoms with E-state index < -0.39 is 11.5 Å². The molecule has 2 amide bonds. The Kier molecular flexibility index (Phi) is 5.42. The van der Waals surface area contributed by atoms with Crippen LogP contribution in [0, 0.1) is 5.92 Å². The van der Waals surface area contributed by atoms with Gasteiger partial charge in [-0.1, -0.05) is 32.0 Å². The normalized spacial score (nSPS) is 19.7. The maximum atomic E-state index is 12.5. The molecule has 1 aromatic rings. The van der Waals surface area contributed by atoms with Crippen molar-refractivity contribution in [2.45, 2.75) is 51.6 Å². The maximum absolute atomic E-state index is 12.5. The molecule has 2 atom stereocenters. The number of benzene rings is 1. The zero-order valence-electron chi connectivity index (χ0n) is 14.1. The Morgan fingerprint density at radius 2 is 2.13 bits per heavy atom. The van der Waals surface area contributed by atoms with Crippen molar-refractivity contribution in [1.29, 1.82) is 0 Å². The second-order valence-corrected chi connectivity index (χ2v) is 7.04. The van der Waals surface area contributed by atoms with Gasteiger partial charge in [0.1, 0.15) is 0 Å². The predicted octanol–water partition coefficient (Wildman–Crippen LogP) is 2.42. The number of carbonyl (C=O) groups is 2. The molecule has 0 saturated heterocycles. The maximum Gasteiger partial charge on any atom is 0.228 e. The number of fused-ring (bicyclic) bond motifs is 1. The van der Waals surface area contributed by atoms with Crippen molar-refractivity contribution < 1.29 is 14.7 Å². The number of hydrogen-bond acceptors (Lipinski definition) is 3. The summed E-state index contributed by atoms with van der Waals surface area (Å²) in [6.45, 7) is 6.13. The van der Waals surface area contributed by atoms with Gasteiger partial charge in [-0.3, -0.25) is 9.59 Å². The Bertz CT molecular complexity index is 581. The van der Waals surface area contributed by atoms with Crippen LogP contribution in [-0.4, -0.2) is 29.1 Å². The molecule has 3 N–H and O–H groups in total. The number of para-hydroxylation sites is 1. The van der Waals surface area contributed by atoms with Gasteiger partial charge in [-0.15, -0.1) is 0 Å². The molecule has 0 aromatic heterocycles. The Labute approximate surface area is 137 Å². The number of hydrogen-bond donors (Lipinski definition) is 3. The first kappa shape index (κ1) is 17.5. The summed E-state index contributed by atoms with van der Waals surface area (Å²) in [4.78, 5) is 24.3. The number of amides is 2. The van der Waals surface area contributed by atoms with E-state index in [1.807, 2.05) is 18.2 Å². The summed E-state index contributed by atoms with van der Waals surface area (Å²) in [7, 11) is 0. The molecule has 126 valence electrons. The van der Waals surface area contributed by atoms with Crippen molar-refractivity contribution in [1.82, 2.24) is 5.32 Å². The summed E-state index contributed by atoms with van der Waals surface area (Å²) >= 11 is 0. The number of rotatable bonds is 6. The molecule has 0 bridgehead atoms. The highest BCUT2D eigenvalue weighted by molar-refractivity contribution is 6.01. The van der Waals surface area contributed by atoms with E-state index in [0.29, 0.717) is 18.0 Å². The lowest BCUT2D eigenvalue weighted by molar-refractivity contribution is -0.127. The van der Waals surface area contributed by atoms with Crippen molar-refractivity contribution in [3.8, 4) is 0 Å². The van der Waals surface area contributed by atoms with Gasteiger partial charge < -0.3 is 15.7 Å². The van der Waals surface area contributed by atoms with Gasteiger partial charge in [0.15, 0.2) is 0 Å². The first-order chi connectivity index (χ1) is 10.8. The molecule has 0 aliphatic carbocycles. The predicted molar refractivity (Wildman–Crippen MR) is 90.1 cm³/mol. The molecule has 2 rings (SSSR count). The quantitative estimate of drug-likeness (QED) is 0.754. The van der Waals surface area contributed by atoms with Crippen molar-refractivity contribution in [3.63, 3.8) is 0 Å². The fourth-order valence-electron chi connectivity index (χ4n) is 2.73. The minimum atomic E-state index is -0.934. The highest BCUT2D eigenvalue weighted by atomic mass is 16.3. The van der Waals surface area contributed by atoms with E-state index in [-0.39, 0.29) is 24.8 Å². The third kappa shape index (κ3) is 4.79. The molecule has 5 nitrogen and oxygen atoms in total. The summed E-state index contributed by atoms with van der Waals surface area (Å²) < 4.78 is 0. The average molecular weight is 318 g/mol. The van der Waals surface area contributed by atoms with E-state index in [1.54, 1.807) is 13.0 Å². The molecule has 1 heterocycles. The van der Waals surface area contributed by atoms with Crippen LogP contribution < -0.4 is 10.6 Å². The highest BCUT2D eigenvalue weighted by Gasteiger charge is 2.31. The molecule has 0 fully saturated rings. The number of anilines is 1. The van der Waals surface area contributed by atoms with Crippen LogP contribution in [0.1, 0.15) is 51.5 Å². The molecule has 1 aliphatic rings. The Morgan fingerprint density at radius 3 is 2.83 bits per heavy atom. The SMILES string of the molecule is CC(C)CCC(C)(O)CNC(=O)C1CC(=O)Nc2ccccc21. The monoisotopic (exact) mass is 318 g/mol. The summed E-state index contributed by atoms with van der Waals surface area (Å²) in [6.07, 6.45) is 1.67. The fourth-order valence-corrected chi connectivity index (χ4v) is 2.73. The Balaban J connectivity index is 2.00. The lowest BCUT2D eigenvalue weighted by Gasteiger charge is -2.28. The standard InChI is InChI=1S/C18H26N2O3/c1-12(2)8-9-18(3,23)11-19-17(22)14-10-16(21)20-15-7-5-4-6-13(14)15/h4-7,12,14,23H,8-11H2,1-3H3,(H,19,22)(H,20,21). The van der Waals surface area contributed by atoms with Crippen LogP contribution in [-0.2, 0) is 9.59 Å². The second kappa shape index (κ2) is 7.13. The van der Waals surface area contributed by atoms with Crippen molar-refractivity contribution >= 4 is 17.5 Å². The van der Waals surface area contributed by atoms with Gasteiger partial charge in [0, 0.05) is 18.7 Å². The molecule has 0 radical (unpaired) electrons. The zero-order chi connectivity index (χ0) is 17.0. The van der Waals surface area contributed by atoms with E-state index in [0.717, 1.165) is 12.0 Å². The van der Waals surface area contributed by atoms with Gasteiger partial charge in [0.2, 0.25) is 11.8 Å². The number of nitrogens with one attached hydrogen (secondary N) is 2. The number of carbonyl (C=O) groups excluding carboxylic acids is 2. The minimum absolute atomic E-state index is 0.136. The van der Waals surface area contributed by atoms with Crippen molar-refractivity contribution in [2.75, 3.05) is 11.9 Å². The lowest BCUT2D eigenvalue weighted by atomic mass is 9.89. The first-order valence-corrected chi connectivity index (χ1v) is 8.17. The largest absolute Gasteiger partial charge is 0.388 e. The summed E-state index contributed by atoms with van der Waals surface area (Å²) in [6, 6.07) is 7.34. The van der Waals surface area contributed by atoms with Crippen molar-refractivity contribution in [3.05, 3.63) is 29.8 Å². The molecule has 23 heavy (non-hydrogen) atoms. The molecular formula is C18H26N2O3. The average Bonchev–Trinajstić information content (AvgIpc) is 2.50. The Hall–Kier alpha value is -1.88. The summed E-state index contributed by atoms with van der Waals surface area (Å²) in [5.41, 5.74) is 0.581. The second-order valence-electron chi connectivity index (χ2n) is 7.04. The molecule has 0 saturated carbocycles. The molecule has 1 aliphatic heterocycles. The first-order valence-electron chi connectivity index (χ1n) is 8.17. The van der Waals surface area contributed by atoms with Crippen LogP contribution >= 0.6 is 0 Å². The molecular weight excluding hydrogens is 292 g/mol. The van der Waals surface area contributed by atoms with Crippen LogP contribution in [0.4, 0.5) is 5.69 Å². The van der Waals surface area contributed by atoms with Gasteiger partial charge in [0.25, 0.3) is 0 Å². The lowest BCUT2D eigenvalue weighted by Crippen LogP contribution is -2.43. The number of aliphatic hydroxyl groups is 1. The molecule has 5 heteroatoms. The third-order valence-corrected chi connectivity index (χ3v) is 4.22. The van der Waals surface area contributed by atoms with Gasteiger partial charge in [-0.25, -0.2) is 0 Å². The van der Waals surface area contributed by atoms with E-state index >= 15 is 0 Å². The summed E-state index contributed by atoms with van der Waals surface area (Å²) in [5, 5.41) is 16.0. The Morgan fingerprint density at radius 1 is 1.43 bits per heavy atom. The van der Waals surface area contributed by atoms with Crippen LogP contribution in [0.3, 0.4) is 0 Å². The van der Waals surface area contributed by atoms with Crippen LogP contribution in [0.2, 0.25) is 0 Å². The highest BCUT2D eigenvalue weighted by Crippen LogP contribution is 2.32. The van der Waals surface area contributed by atoms with Crippen LogP contribution in [0.5, 0.6) is 0 Å². The van der Waals surface area contributed by atoms with E-state index in [4.69, 9.17) is 0 Å². The van der Waals surface area contributed by atoms with E-state index in [1.165, 1.54) is 0 Å². The smallest absolute Gasteiger partial charge is 0.228 e. The van der Waals surface area contributed by atoms with E-state index in [2.05, 4.69) is 24.5 Å². The van der Waals surface area contributed by atoms with Crippen LogP contribution in [0.25, 0.3) is 0 Å². The van der Waals surface area contributed by atoms with Crippen LogP contribution in [0.15, 0.2) is 24.3 Å². The minimum Gasteiger partial charge on any atom is -0.388 e. The van der Waals surface area contributed by atoms with Gasteiger partial charge in [-0.2, -0.15) is 0 Å². The van der Waals surface area contributed by atoms with Crippen molar-refractivity contribution in [2.24, 2.45) is 5.92 Å². The van der Waals surface area contributed by atoms with E-state index in [9.17, 15) is 14.7 Å². The van der Waals surface area contributed by atoms with Gasteiger partial charge in [0.05, 0.1) is 11.5 Å². The van der Waals surface area contributed by atoms with Gasteiger partial charge in [-0.05, 0) is 37.3 Å². The zero-order valence-corrected chi connectivity index (χ0v) is 14.1. The molecule has 2 unspecified atom stereocenters. The molecule has 1 aromatic carbocycles. The van der Waals surface area contributed by atoms with Gasteiger partial charge >= 0.3 is 0 Å².